The average Bonchev–Trinajstić information content (AvgIpc) is 2.59. The molecule has 1 unspecified atom stereocenters. The summed E-state index contributed by atoms with van der Waals surface area (Å²) < 4.78 is 14.6. The zero-order valence-electron chi connectivity index (χ0n) is 10.8. The van der Waals surface area contributed by atoms with Crippen LogP contribution < -0.4 is 5.32 Å². The molecule has 1 aliphatic heterocycles. The average molecular weight is 315 g/mol. The lowest BCUT2D eigenvalue weighted by molar-refractivity contribution is 0.300. The molecule has 0 aliphatic carbocycles. The molecule has 1 N–H and O–H groups in total. The monoisotopic (exact) mass is 314 g/mol. The molecule has 0 saturated carbocycles. The van der Waals surface area contributed by atoms with E-state index in [0.29, 0.717) is 11.7 Å². The summed E-state index contributed by atoms with van der Waals surface area (Å²) in [5.74, 6) is -0.171. The molecule has 1 fully saturated rings. The molecular weight excluding hydrogens is 295 g/mol. The number of likely N-dealkylation sites (tertiary alicyclic amines) is 1. The van der Waals surface area contributed by atoms with Gasteiger partial charge in [0.25, 0.3) is 0 Å². The summed E-state index contributed by atoms with van der Waals surface area (Å²) in [6.45, 7) is 5.57. The van der Waals surface area contributed by atoms with Crippen molar-refractivity contribution >= 4 is 21.6 Å². The predicted octanol–water partition coefficient (Wildman–Crippen LogP) is 3.87. The Kier molecular flexibility index (Phi) is 5.01. The van der Waals surface area contributed by atoms with Crippen LogP contribution in [-0.2, 0) is 0 Å². The summed E-state index contributed by atoms with van der Waals surface area (Å²) >= 11 is 3.38. The van der Waals surface area contributed by atoms with Crippen LogP contribution in [0.1, 0.15) is 26.2 Å². The fourth-order valence-electron chi connectivity index (χ4n) is 2.44. The molecule has 1 aromatic carbocycles. The maximum Gasteiger partial charge on any atom is 0.146 e. The minimum atomic E-state index is -0.171. The topological polar surface area (TPSA) is 15.3 Å². The van der Waals surface area contributed by atoms with Crippen LogP contribution in [0.25, 0.3) is 0 Å². The summed E-state index contributed by atoms with van der Waals surface area (Å²) in [5.41, 5.74) is 0.610. The Morgan fingerprint density at radius 2 is 2.22 bits per heavy atom. The van der Waals surface area contributed by atoms with Crippen LogP contribution in [0, 0.1) is 5.82 Å². The van der Waals surface area contributed by atoms with Gasteiger partial charge in [-0.3, -0.25) is 0 Å². The maximum atomic E-state index is 13.7. The molecule has 4 heteroatoms. The van der Waals surface area contributed by atoms with Gasteiger partial charge in [-0.05, 0) is 50.6 Å². The Bertz CT molecular complexity index is 397. The van der Waals surface area contributed by atoms with E-state index in [4.69, 9.17) is 0 Å². The highest BCUT2D eigenvalue weighted by atomic mass is 79.9. The van der Waals surface area contributed by atoms with Crippen molar-refractivity contribution in [3.05, 3.63) is 28.5 Å². The molecular formula is C14H20BrFN2. The van der Waals surface area contributed by atoms with Gasteiger partial charge >= 0.3 is 0 Å². The molecule has 1 atom stereocenters. The Balaban J connectivity index is 1.98. The number of hydrogen-bond acceptors (Lipinski definition) is 2. The summed E-state index contributed by atoms with van der Waals surface area (Å²) in [7, 11) is 0. The van der Waals surface area contributed by atoms with Gasteiger partial charge < -0.3 is 10.2 Å². The van der Waals surface area contributed by atoms with Crippen molar-refractivity contribution in [2.75, 3.05) is 25.0 Å². The largest absolute Gasteiger partial charge is 0.380 e. The Morgan fingerprint density at radius 1 is 1.39 bits per heavy atom. The highest BCUT2D eigenvalue weighted by Crippen LogP contribution is 2.23. The van der Waals surface area contributed by atoms with Gasteiger partial charge in [0.2, 0.25) is 0 Å². The molecule has 2 nitrogen and oxygen atoms in total. The molecule has 0 spiro atoms. The van der Waals surface area contributed by atoms with Gasteiger partial charge in [0, 0.05) is 17.1 Å². The van der Waals surface area contributed by atoms with Gasteiger partial charge in [-0.1, -0.05) is 22.9 Å². The van der Waals surface area contributed by atoms with E-state index in [1.54, 1.807) is 6.07 Å². The zero-order valence-corrected chi connectivity index (χ0v) is 12.3. The van der Waals surface area contributed by atoms with Gasteiger partial charge in [0.1, 0.15) is 5.82 Å². The van der Waals surface area contributed by atoms with E-state index in [2.05, 4.69) is 33.1 Å². The summed E-state index contributed by atoms with van der Waals surface area (Å²) in [5, 5.41) is 3.34. The van der Waals surface area contributed by atoms with Crippen molar-refractivity contribution in [3.63, 3.8) is 0 Å². The maximum absolute atomic E-state index is 13.7. The fourth-order valence-corrected chi connectivity index (χ4v) is 2.81. The van der Waals surface area contributed by atoms with Crippen molar-refractivity contribution in [2.45, 2.75) is 32.2 Å². The van der Waals surface area contributed by atoms with E-state index in [-0.39, 0.29) is 5.82 Å². The third-order valence-electron chi connectivity index (χ3n) is 3.56. The van der Waals surface area contributed by atoms with Crippen LogP contribution in [0.15, 0.2) is 22.7 Å². The lowest BCUT2D eigenvalue weighted by atomic mass is 10.1. The smallest absolute Gasteiger partial charge is 0.146 e. The van der Waals surface area contributed by atoms with Crippen LogP contribution in [0.4, 0.5) is 10.1 Å². The highest BCUT2D eigenvalue weighted by molar-refractivity contribution is 9.10. The standard InChI is InChI=1S/C14H20BrFN2/c1-2-18-8-3-4-12(7-9-18)17-14-10-11(15)5-6-13(14)16/h5-6,10,12,17H,2-4,7-9H2,1H3. The number of rotatable bonds is 3. The van der Waals surface area contributed by atoms with Crippen molar-refractivity contribution in [2.24, 2.45) is 0 Å². The first-order valence-electron chi connectivity index (χ1n) is 6.63. The first-order valence-corrected chi connectivity index (χ1v) is 7.42. The number of benzene rings is 1. The predicted molar refractivity (Wildman–Crippen MR) is 77.5 cm³/mol. The summed E-state index contributed by atoms with van der Waals surface area (Å²) in [6, 6.07) is 5.43. The van der Waals surface area contributed by atoms with Gasteiger partial charge in [-0.25, -0.2) is 4.39 Å². The second-order valence-electron chi connectivity index (χ2n) is 4.83. The molecule has 100 valence electrons. The first kappa shape index (κ1) is 13.8. The molecule has 18 heavy (non-hydrogen) atoms. The quantitative estimate of drug-likeness (QED) is 0.911. The lowest BCUT2D eigenvalue weighted by Gasteiger charge is -2.19. The molecule has 2 rings (SSSR count). The normalized spacial score (nSPS) is 21.6. The minimum Gasteiger partial charge on any atom is -0.380 e. The second-order valence-corrected chi connectivity index (χ2v) is 5.75. The Morgan fingerprint density at radius 3 is 3.00 bits per heavy atom. The molecule has 0 amide bonds. The SMILES string of the molecule is CCN1CCCC(Nc2cc(Br)ccc2F)CC1. The zero-order chi connectivity index (χ0) is 13.0. The first-order chi connectivity index (χ1) is 8.69. The number of hydrogen-bond donors (Lipinski definition) is 1. The van der Waals surface area contributed by atoms with Crippen molar-refractivity contribution in [3.8, 4) is 0 Å². The molecule has 0 radical (unpaired) electrons. The highest BCUT2D eigenvalue weighted by Gasteiger charge is 2.16. The molecule has 1 saturated heterocycles. The fraction of sp³-hybridized carbons (Fsp3) is 0.571. The van der Waals surface area contributed by atoms with Crippen LogP contribution in [0.5, 0.6) is 0 Å². The molecule has 1 aliphatic rings. The van der Waals surface area contributed by atoms with Crippen LogP contribution in [0.2, 0.25) is 0 Å². The Labute approximate surface area is 117 Å². The number of nitrogens with one attached hydrogen (secondary N) is 1. The van der Waals surface area contributed by atoms with Crippen LogP contribution in [-0.4, -0.2) is 30.6 Å². The Hall–Kier alpha value is -0.610. The van der Waals surface area contributed by atoms with Crippen molar-refractivity contribution in [1.29, 1.82) is 0 Å². The van der Waals surface area contributed by atoms with Gasteiger partial charge in [0.05, 0.1) is 5.69 Å². The van der Waals surface area contributed by atoms with E-state index in [1.165, 1.54) is 12.5 Å². The molecule has 1 heterocycles. The number of nitrogens with zero attached hydrogens (tertiary/aromatic N) is 1. The van der Waals surface area contributed by atoms with Crippen LogP contribution >= 0.6 is 15.9 Å². The minimum absolute atomic E-state index is 0.171. The van der Waals surface area contributed by atoms with E-state index >= 15 is 0 Å². The van der Waals surface area contributed by atoms with E-state index in [9.17, 15) is 4.39 Å². The lowest BCUT2D eigenvalue weighted by Crippen LogP contribution is -2.26. The van der Waals surface area contributed by atoms with Gasteiger partial charge in [-0.15, -0.1) is 0 Å². The van der Waals surface area contributed by atoms with Crippen molar-refractivity contribution < 1.29 is 4.39 Å². The van der Waals surface area contributed by atoms with E-state index in [1.807, 2.05) is 6.07 Å². The molecule has 1 aromatic rings. The molecule has 0 aromatic heterocycles. The van der Waals surface area contributed by atoms with Crippen LogP contribution in [0.3, 0.4) is 0 Å². The van der Waals surface area contributed by atoms with Crippen molar-refractivity contribution in [1.82, 2.24) is 4.90 Å². The number of halogens is 2. The van der Waals surface area contributed by atoms with Gasteiger partial charge in [0.15, 0.2) is 0 Å². The summed E-state index contributed by atoms with van der Waals surface area (Å²) in [6.07, 6.45) is 3.38. The van der Waals surface area contributed by atoms with E-state index < -0.39 is 0 Å². The second kappa shape index (κ2) is 6.53. The number of anilines is 1. The van der Waals surface area contributed by atoms with E-state index in [0.717, 1.165) is 36.9 Å². The van der Waals surface area contributed by atoms with Gasteiger partial charge in [-0.2, -0.15) is 0 Å². The third kappa shape index (κ3) is 3.69. The molecule has 0 bridgehead atoms. The summed E-state index contributed by atoms with van der Waals surface area (Å²) in [4.78, 5) is 2.46. The third-order valence-corrected chi connectivity index (χ3v) is 4.05.